The van der Waals surface area contributed by atoms with Gasteiger partial charge in [-0.05, 0) is 59.2 Å². The molecular formula is C23H16BrFN2O4. The summed E-state index contributed by atoms with van der Waals surface area (Å²) in [5, 5.41) is 20.4. The van der Waals surface area contributed by atoms with Gasteiger partial charge in [0.2, 0.25) is 0 Å². The molecule has 0 heterocycles. The molecule has 0 saturated heterocycles. The summed E-state index contributed by atoms with van der Waals surface area (Å²) < 4.78 is 25.2. The largest absolute Gasteiger partial charge is 0.493 e. The second-order valence-corrected chi connectivity index (χ2v) is 7.27. The van der Waals surface area contributed by atoms with Gasteiger partial charge in [0.15, 0.2) is 11.5 Å². The Labute approximate surface area is 186 Å². The molecule has 0 aliphatic heterocycles. The van der Waals surface area contributed by atoms with E-state index in [0.29, 0.717) is 38.2 Å². The van der Waals surface area contributed by atoms with Gasteiger partial charge in [0.1, 0.15) is 12.4 Å². The van der Waals surface area contributed by atoms with Gasteiger partial charge in [0.05, 0.1) is 23.7 Å². The van der Waals surface area contributed by atoms with Crippen LogP contribution >= 0.6 is 15.9 Å². The number of rotatable bonds is 7. The lowest BCUT2D eigenvalue weighted by Gasteiger charge is -2.13. The Morgan fingerprint density at radius 3 is 2.55 bits per heavy atom. The Morgan fingerprint density at radius 1 is 1.19 bits per heavy atom. The van der Waals surface area contributed by atoms with Crippen molar-refractivity contribution in [3.8, 4) is 17.6 Å². The third kappa shape index (κ3) is 5.47. The van der Waals surface area contributed by atoms with Gasteiger partial charge in [0, 0.05) is 16.6 Å². The van der Waals surface area contributed by atoms with E-state index in [1.54, 1.807) is 30.3 Å². The van der Waals surface area contributed by atoms with Gasteiger partial charge in [-0.3, -0.25) is 10.1 Å². The first kappa shape index (κ1) is 22.0. The van der Waals surface area contributed by atoms with Crippen LogP contribution in [0, 0.1) is 27.3 Å². The highest BCUT2D eigenvalue weighted by molar-refractivity contribution is 9.10. The van der Waals surface area contributed by atoms with E-state index in [1.165, 1.54) is 43.5 Å². The van der Waals surface area contributed by atoms with E-state index in [4.69, 9.17) is 9.47 Å². The number of allylic oxidation sites excluding steroid dienone is 1. The standard InChI is InChI=1S/C23H16BrFN2O4/c1-30-22-11-17(10-18(13-26)16-5-7-20(8-6-16)27(28)29)21(24)12-23(22)31-14-15-3-2-4-19(25)9-15/h2-12H,14H2,1H3/b18-10+. The van der Waals surface area contributed by atoms with E-state index >= 15 is 0 Å². The SMILES string of the molecule is COc1cc(/C=C(\C#N)c2ccc([N+](=O)[O-])cc2)c(Br)cc1OCc1cccc(F)c1. The number of ether oxygens (including phenoxy) is 2. The Hall–Kier alpha value is -3.70. The lowest BCUT2D eigenvalue weighted by atomic mass is 10.0. The number of nitro groups is 1. The average molecular weight is 483 g/mol. The van der Waals surface area contributed by atoms with Crippen LogP contribution < -0.4 is 9.47 Å². The number of methoxy groups -OCH3 is 1. The van der Waals surface area contributed by atoms with Crippen LogP contribution in [0.3, 0.4) is 0 Å². The third-order valence-corrected chi connectivity index (χ3v) is 5.06. The molecule has 3 aromatic carbocycles. The normalized spacial score (nSPS) is 11.0. The summed E-state index contributed by atoms with van der Waals surface area (Å²) in [7, 11) is 1.49. The molecule has 0 amide bonds. The Bertz CT molecular complexity index is 1190. The zero-order chi connectivity index (χ0) is 22.4. The van der Waals surface area contributed by atoms with Crippen LogP contribution in [0.15, 0.2) is 65.1 Å². The van der Waals surface area contributed by atoms with E-state index in [-0.39, 0.29) is 18.1 Å². The highest BCUT2D eigenvalue weighted by atomic mass is 79.9. The molecule has 6 nitrogen and oxygen atoms in total. The maximum Gasteiger partial charge on any atom is 0.269 e. The van der Waals surface area contributed by atoms with Crippen molar-refractivity contribution in [1.29, 1.82) is 5.26 Å². The Balaban J connectivity index is 1.88. The summed E-state index contributed by atoms with van der Waals surface area (Å²) in [6.07, 6.45) is 1.64. The van der Waals surface area contributed by atoms with Crippen molar-refractivity contribution in [3.63, 3.8) is 0 Å². The number of non-ortho nitro benzene ring substituents is 1. The van der Waals surface area contributed by atoms with E-state index in [9.17, 15) is 19.8 Å². The topological polar surface area (TPSA) is 85.4 Å². The Morgan fingerprint density at radius 2 is 1.94 bits per heavy atom. The predicted octanol–water partition coefficient (Wildman–Crippen LogP) is 6.15. The minimum absolute atomic E-state index is 0.0521. The van der Waals surface area contributed by atoms with Crippen LogP contribution in [0.2, 0.25) is 0 Å². The van der Waals surface area contributed by atoms with Gasteiger partial charge >= 0.3 is 0 Å². The monoisotopic (exact) mass is 482 g/mol. The Kier molecular flexibility index (Phi) is 7.00. The molecule has 0 spiro atoms. The van der Waals surface area contributed by atoms with Crippen LogP contribution in [0.25, 0.3) is 11.6 Å². The maximum atomic E-state index is 13.4. The third-order valence-electron chi connectivity index (χ3n) is 4.38. The predicted molar refractivity (Wildman–Crippen MR) is 118 cm³/mol. The molecule has 0 atom stereocenters. The maximum absolute atomic E-state index is 13.4. The minimum Gasteiger partial charge on any atom is -0.493 e. The van der Waals surface area contributed by atoms with Crippen LogP contribution in [-0.2, 0) is 6.61 Å². The van der Waals surface area contributed by atoms with Crippen LogP contribution in [0.5, 0.6) is 11.5 Å². The zero-order valence-corrected chi connectivity index (χ0v) is 17.9. The molecule has 156 valence electrons. The van der Waals surface area contributed by atoms with Gasteiger partial charge in [0.25, 0.3) is 5.69 Å². The van der Waals surface area contributed by atoms with Crippen LogP contribution in [0.1, 0.15) is 16.7 Å². The summed E-state index contributed by atoms with van der Waals surface area (Å²) in [5.74, 6) is 0.543. The molecule has 0 N–H and O–H groups in total. The first-order valence-corrected chi connectivity index (χ1v) is 9.82. The first-order valence-electron chi connectivity index (χ1n) is 9.02. The fourth-order valence-electron chi connectivity index (χ4n) is 2.82. The first-order chi connectivity index (χ1) is 14.9. The molecule has 3 rings (SSSR count). The fraction of sp³-hybridized carbons (Fsp3) is 0.0870. The number of halogens is 2. The summed E-state index contributed by atoms with van der Waals surface area (Å²) in [6, 6.07) is 17.4. The molecule has 0 aliphatic rings. The molecule has 0 unspecified atom stereocenters. The van der Waals surface area contributed by atoms with E-state index in [0.717, 1.165) is 0 Å². The van der Waals surface area contributed by atoms with Crippen LogP contribution in [0.4, 0.5) is 10.1 Å². The van der Waals surface area contributed by atoms with Crippen molar-refractivity contribution in [2.75, 3.05) is 7.11 Å². The zero-order valence-electron chi connectivity index (χ0n) is 16.3. The summed E-state index contributed by atoms with van der Waals surface area (Å²) in [6.45, 7) is 0.155. The smallest absolute Gasteiger partial charge is 0.269 e. The average Bonchev–Trinajstić information content (AvgIpc) is 2.77. The highest BCUT2D eigenvalue weighted by Crippen LogP contribution is 2.36. The minimum atomic E-state index is -0.496. The molecule has 0 fully saturated rings. The second-order valence-electron chi connectivity index (χ2n) is 6.42. The molecule has 3 aromatic rings. The molecule has 0 saturated carbocycles. The van der Waals surface area contributed by atoms with Crippen molar-refractivity contribution in [2.24, 2.45) is 0 Å². The van der Waals surface area contributed by atoms with Crippen molar-refractivity contribution in [3.05, 3.63) is 97.8 Å². The number of benzene rings is 3. The number of nitro benzene ring substituents is 1. The van der Waals surface area contributed by atoms with Gasteiger partial charge in [-0.2, -0.15) is 5.26 Å². The number of hydrogen-bond donors (Lipinski definition) is 0. The lowest BCUT2D eigenvalue weighted by molar-refractivity contribution is -0.384. The molecule has 0 bridgehead atoms. The number of nitrogens with zero attached hydrogens (tertiary/aromatic N) is 2. The molecule has 31 heavy (non-hydrogen) atoms. The number of nitriles is 1. The van der Waals surface area contributed by atoms with E-state index in [2.05, 4.69) is 22.0 Å². The summed E-state index contributed by atoms with van der Waals surface area (Å²) in [5.41, 5.74) is 2.15. The molecular weight excluding hydrogens is 467 g/mol. The van der Waals surface area contributed by atoms with Crippen molar-refractivity contribution >= 4 is 33.3 Å². The quantitative estimate of drug-likeness (QED) is 0.174. The van der Waals surface area contributed by atoms with Crippen LogP contribution in [-0.4, -0.2) is 12.0 Å². The van der Waals surface area contributed by atoms with E-state index < -0.39 is 4.92 Å². The fourth-order valence-corrected chi connectivity index (χ4v) is 3.26. The molecule has 8 heteroatoms. The van der Waals surface area contributed by atoms with E-state index in [1.807, 2.05) is 0 Å². The van der Waals surface area contributed by atoms with Crippen molar-refractivity contribution in [1.82, 2.24) is 0 Å². The van der Waals surface area contributed by atoms with Gasteiger partial charge in [-0.25, -0.2) is 4.39 Å². The van der Waals surface area contributed by atoms with Gasteiger partial charge in [-0.1, -0.05) is 28.1 Å². The van der Waals surface area contributed by atoms with Crippen molar-refractivity contribution in [2.45, 2.75) is 6.61 Å². The summed E-state index contributed by atoms with van der Waals surface area (Å²) in [4.78, 5) is 10.3. The second kappa shape index (κ2) is 9.87. The summed E-state index contributed by atoms with van der Waals surface area (Å²) >= 11 is 3.47. The van der Waals surface area contributed by atoms with Crippen molar-refractivity contribution < 1.29 is 18.8 Å². The number of hydrogen-bond acceptors (Lipinski definition) is 5. The highest BCUT2D eigenvalue weighted by Gasteiger charge is 2.12. The van der Waals surface area contributed by atoms with Gasteiger partial charge in [-0.15, -0.1) is 0 Å². The molecule has 0 aromatic heterocycles. The molecule has 0 radical (unpaired) electrons. The van der Waals surface area contributed by atoms with Gasteiger partial charge < -0.3 is 9.47 Å². The lowest BCUT2D eigenvalue weighted by Crippen LogP contribution is -1.99. The molecule has 0 aliphatic carbocycles.